The molecule has 0 heterocycles. The van der Waals surface area contributed by atoms with Gasteiger partial charge in [-0.15, -0.1) is 0 Å². The molecular formula is C31H38ClN3O4S. The van der Waals surface area contributed by atoms with Crippen LogP contribution in [0.15, 0.2) is 77.7 Å². The molecule has 2 atom stereocenters. The van der Waals surface area contributed by atoms with Crippen LogP contribution >= 0.6 is 11.6 Å². The van der Waals surface area contributed by atoms with Crippen LogP contribution < -0.4 is 9.62 Å². The van der Waals surface area contributed by atoms with Crippen LogP contribution in [0.1, 0.15) is 50.3 Å². The summed E-state index contributed by atoms with van der Waals surface area (Å²) < 4.78 is 29.1. The number of carbonyl (C=O) groups is 2. The third-order valence-corrected chi connectivity index (χ3v) is 9.10. The van der Waals surface area contributed by atoms with E-state index in [2.05, 4.69) is 5.32 Å². The lowest BCUT2D eigenvalue weighted by atomic mass is 10.1. The van der Waals surface area contributed by atoms with Crippen LogP contribution in [0.5, 0.6) is 0 Å². The Hall–Kier alpha value is -3.36. The van der Waals surface area contributed by atoms with Crippen molar-refractivity contribution in [3.05, 3.63) is 94.5 Å². The zero-order chi connectivity index (χ0) is 29.4. The molecule has 2 amide bonds. The number of rotatable bonds is 12. The summed E-state index contributed by atoms with van der Waals surface area (Å²) in [7, 11) is -4.12. The van der Waals surface area contributed by atoms with Crippen LogP contribution in [-0.2, 0) is 26.2 Å². The Morgan fingerprint density at radius 3 is 2.12 bits per heavy atom. The minimum absolute atomic E-state index is 0.0527. The van der Waals surface area contributed by atoms with Crippen molar-refractivity contribution >= 4 is 39.1 Å². The molecule has 3 rings (SSSR count). The van der Waals surface area contributed by atoms with E-state index in [4.69, 9.17) is 11.6 Å². The normalized spacial score (nSPS) is 12.8. The van der Waals surface area contributed by atoms with Crippen LogP contribution in [0.2, 0.25) is 5.02 Å². The largest absolute Gasteiger partial charge is 0.352 e. The molecule has 0 aromatic heterocycles. The lowest BCUT2D eigenvalue weighted by molar-refractivity contribution is -0.140. The van der Waals surface area contributed by atoms with Gasteiger partial charge >= 0.3 is 0 Å². The molecule has 0 spiro atoms. The zero-order valence-electron chi connectivity index (χ0n) is 23.7. The standard InChI is InChI=1S/C31H38ClN3O4S/c1-6-24(5)33-31(37)28(7-2)34(20-25-13-9-10-14-27(25)32)30(36)21-35(29-15-11-8-12-23(29)4)40(38,39)26-18-16-22(3)17-19-26/h8-19,24,28H,6-7,20-21H2,1-5H3,(H,33,37)/t24-,28+/m1/s1. The number of sulfonamides is 1. The van der Waals surface area contributed by atoms with E-state index >= 15 is 0 Å². The van der Waals surface area contributed by atoms with Gasteiger partial charge in [-0.1, -0.05) is 79.5 Å². The first-order chi connectivity index (χ1) is 19.0. The second kappa shape index (κ2) is 13.8. The smallest absolute Gasteiger partial charge is 0.264 e. The van der Waals surface area contributed by atoms with Crippen molar-refractivity contribution in [3.63, 3.8) is 0 Å². The van der Waals surface area contributed by atoms with Gasteiger partial charge in [0.25, 0.3) is 10.0 Å². The summed E-state index contributed by atoms with van der Waals surface area (Å²) in [6, 6.07) is 19.8. The van der Waals surface area contributed by atoms with Gasteiger partial charge in [0.1, 0.15) is 12.6 Å². The summed E-state index contributed by atoms with van der Waals surface area (Å²) in [4.78, 5) is 29.0. The van der Waals surface area contributed by atoms with Gasteiger partial charge in [-0.05, 0) is 69.0 Å². The number of aryl methyl sites for hydroxylation is 2. The van der Waals surface area contributed by atoms with Crippen LogP contribution in [0.4, 0.5) is 5.69 Å². The van der Waals surface area contributed by atoms with Crippen molar-refractivity contribution in [2.75, 3.05) is 10.8 Å². The van der Waals surface area contributed by atoms with E-state index in [1.54, 1.807) is 55.5 Å². The van der Waals surface area contributed by atoms with Crippen LogP contribution in [0, 0.1) is 13.8 Å². The fourth-order valence-electron chi connectivity index (χ4n) is 4.36. The first-order valence-corrected chi connectivity index (χ1v) is 15.3. The molecule has 214 valence electrons. The number of benzene rings is 3. The van der Waals surface area contributed by atoms with E-state index in [0.717, 1.165) is 16.3 Å². The van der Waals surface area contributed by atoms with Crippen molar-refractivity contribution in [2.24, 2.45) is 0 Å². The van der Waals surface area contributed by atoms with Gasteiger partial charge in [-0.2, -0.15) is 0 Å². The highest BCUT2D eigenvalue weighted by molar-refractivity contribution is 7.92. The lowest BCUT2D eigenvalue weighted by Gasteiger charge is -2.34. The van der Waals surface area contributed by atoms with Crippen molar-refractivity contribution in [2.45, 2.75) is 71.0 Å². The van der Waals surface area contributed by atoms with E-state index in [1.807, 2.05) is 39.8 Å². The lowest BCUT2D eigenvalue weighted by Crippen LogP contribution is -2.53. The van der Waals surface area contributed by atoms with Crippen molar-refractivity contribution in [1.29, 1.82) is 0 Å². The molecule has 40 heavy (non-hydrogen) atoms. The van der Waals surface area contributed by atoms with E-state index in [1.165, 1.54) is 17.0 Å². The number of amides is 2. The molecule has 0 fully saturated rings. The number of nitrogens with one attached hydrogen (secondary N) is 1. The molecule has 0 saturated heterocycles. The zero-order valence-corrected chi connectivity index (χ0v) is 25.3. The van der Waals surface area contributed by atoms with Crippen molar-refractivity contribution < 1.29 is 18.0 Å². The number of para-hydroxylation sites is 1. The highest BCUT2D eigenvalue weighted by Crippen LogP contribution is 2.28. The first kappa shape index (κ1) is 31.2. The molecule has 3 aromatic carbocycles. The quantitative estimate of drug-likeness (QED) is 0.289. The number of carbonyl (C=O) groups excluding carboxylic acids is 2. The number of anilines is 1. The number of hydrogen-bond donors (Lipinski definition) is 1. The Bertz CT molecular complexity index is 1430. The molecule has 0 aliphatic carbocycles. The monoisotopic (exact) mass is 583 g/mol. The second-order valence-electron chi connectivity index (χ2n) is 9.97. The number of halogens is 1. The fraction of sp³-hybridized carbons (Fsp3) is 0.355. The molecule has 0 unspecified atom stereocenters. The van der Waals surface area contributed by atoms with Gasteiger partial charge in [0.15, 0.2) is 0 Å². The molecule has 0 aliphatic rings. The second-order valence-corrected chi connectivity index (χ2v) is 12.2. The molecule has 9 heteroatoms. The molecule has 0 bridgehead atoms. The summed E-state index contributed by atoms with van der Waals surface area (Å²) in [6.07, 6.45) is 1.07. The third kappa shape index (κ3) is 7.43. The predicted octanol–water partition coefficient (Wildman–Crippen LogP) is 5.87. The summed E-state index contributed by atoms with van der Waals surface area (Å²) in [5.41, 5.74) is 2.68. The maximum Gasteiger partial charge on any atom is 0.264 e. The van der Waals surface area contributed by atoms with Gasteiger partial charge in [-0.25, -0.2) is 8.42 Å². The SMILES string of the molecule is CC[C@@H](C)NC(=O)[C@H](CC)N(Cc1ccccc1Cl)C(=O)CN(c1ccccc1C)S(=O)(=O)c1ccc(C)cc1. The van der Waals surface area contributed by atoms with E-state index in [-0.39, 0.29) is 23.4 Å². The first-order valence-electron chi connectivity index (χ1n) is 13.5. The Labute approximate surface area is 243 Å². The fourth-order valence-corrected chi connectivity index (χ4v) is 6.04. The van der Waals surface area contributed by atoms with Gasteiger partial charge < -0.3 is 10.2 Å². The third-order valence-electron chi connectivity index (χ3n) is 6.96. The Morgan fingerprint density at radius 2 is 1.52 bits per heavy atom. The van der Waals surface area contributed by atoms with Crippen molar-refractivity contribution in [1.82, 2.24) is 10.2 Å². The van der Waals surface area contributed by atoms with Gasteiger partial charge in [0.2, 0.25) is 11.8 Å². The maximum atomic E-state index is 14.1. The topological polar surface area (TPSA) is 86.8 Å². The average molecular weight is 584 g/mol. The molecule has 1 N–H and O–H groups in total. The number of hydrogen-bond acceptors (Lipinski definition) is 4. The minimum Gasteiger partial charge on any atom is -0.352 e. The Kier molecular flexibility index (Phi) is 10.8. The molecule has 3 aromatic rings. The van der Waals surface area contributed by atoms with Crippen molar-refractivity contribution in [3.8, 4) is 0 Å². The maximum absolute atomic E-state index is 14.1. The van der Waals surface area contributed by atoms with Gasteiger partial charge in [0.05, 0.1) is 10.6 Å². The predicted molar refractivity (Wildman–Crippen MR) is 161 cm³/mol. The Morgan fingerprint density at radius 1 is 0.900 bits per heavy atom. The van der Waals surface area contributed by atoms with Gasteiger partial charge in [-0.3, -0.25) is 13.9 Å². The van der Waals surface area contributed by atoms with E-state index in [9.17, 15) is 18.0 Å². The summed E-state index contributed by atoms with van der Waals surface area (Å²) in [5, 5.41) is 3.43. The highest BCUT2D eigenvalue weighted by Gasteiger charge is 2.34. The molecule has 7 nitrogen and oxygen atoms in total. The summed E-state index contributed by atoms with van der Waals surface area (Å²) in [6.45, 7) is 8.94. The Balaban J connectivity index is 2.08. The summed E-state index contributed by atoms with van der Waals surface area (Å²) >= 11 is 6.45. The average Bonchev–Trinajstić information content (AvgIpc) is 2.93. The highest BCUT2D eigenvalue weighted by atomic mass is 35.5. The molecule has 0 saturated carbocycles. The van der Waals surface area contributed by atoms with Gasteiger partial charge in [0, 0.05) is 17.6 Å². The summed E-state index contributed by atoms with van der Waals surface area (Å²) in [5.74, 6) is -0.800. The molecule has 0 aliphatic heterocycles. The van der Waals surface area contributed by atoms with E-state index in [0.29, 0.717) is 28.3 Å². The van der Waals surface area contributed by atoms with Crippen LogP contribution in [-0.4, -0.2) is 43.8 Å². The molecular weight excluding hydrogens is 546 g/mol. The van der Waals surface area contributed by atoms with Crippen LogP contribution in [0.3, 0.4) is 0 Å². The van der Waals surface area contributed by atoms with Crippen LogP contribution in [0.25, 0.3) is 0 Å². The number of nitrogens with zero attached hydrogens (tertiary/aromatic N) is 2. The minimum atomic E-state index is -4.12. The van der Waals surface area contributed by atoms with E-state index < -0.39 is 28.5 Å². The molecule has 0 radical (unpaired) electrons.